The number of hydrogen-bond acceptors (Lipinski definition) is 6. The van der Waals surface area contributed by atoms with E-state index in [1.165, 1.54) is 70.8 Å². The van der Waals surface area contributed by atoms with Crippen molar-refractivity contribution in [3.63, 3.8) is 0 Å². The van der Waals surface area contributed by atoms with E-state index in [0.29, 0.717) is 18.0 Å². The van der Waals surface area contributed by atoms with Gasteiger partial charge in [0.15, 0.2) is 0 Å². The molecule has 4 fully saturated rings. The maximum Gasteiger partial charge on any atom is 0.224 e. The predicted octanol–water partition coefficient (Wildman–Crippen LogP) is 4.69. The number of nitrogens with zero attached hydrogens (tertiary/aromatic N) is 5. The van der Waals surface area contributed by atoms with Gasteiger partial charge >= 0.3 is 0 Å². The predicted molar refractivity (Wildman–Crippen MR) is 142 cm³/mol. The summed E-state index contributed by atoms with van der Waals surface area (Å²) in [5.74, 6) is 3.06. The van der Waals surface area contributed by atoms with Gasteiger partial charge in [0.2, 0.25) is 11.9 Å². The molecular weight excluding hydrogens is 436 g/mol. The number of aromatic nitrogens is 2. The average Bonchev–Trinajstić information content (AvgIpc) is 3.28. The van der Waals surface area contributed by atoms with E-state index in [2.05, 4.69) is 31.1 Å². The highest BCUT2D eigenvalue weighted by molar-refractivity contribution is 5.76. The second-order valence-corrected chi connectivity index (χ2v) is 11.4. The molecule has 1 saturated carbocycles. The Morgan fingerprint density at radius 2 is 1.66 bits per heavy atom. The molecule has 4 aliphatic rings. The normalized spacial score (nSPS) is 25.5. The maximum absolute atomic E-state index is 12.7. The van der Waals surface area contributed by atoms with Gasteiger partial charge in [0, 0.05) is 57.4 Å². The molecule has 1 aromatic rings. The molecular formula is C28H46N6O. The van der Waals surface area contributed by atoms with Crippen LogP contribution in [0.5, 0.6) is 0 Å². The summed E-state index contributed by atoms with van der Waals surface area (Å²) in [4.78, 5) is 29.4. The standard InChI is InChI=1S/C28H46N6O/c35-27(12-11-23-8-3-4-9-23)33-20-14-25(15-21-33)34-19-7-10-24(22-34)30-28-29-16-13-26(31-28)32-17-5-1-2-6-18-32/h13,16,23-25H,1-12,14-15,17-22H2,(H,29,30,31). The van der Waals surface area contributed by atoms with Crippen LogP contribution in [-0.4, -0.2) is 77.0 Å². The van der Waals surface area contributed by atoms with Crippen LogP contribution in [0.4, 0.5) is 11.8 Å². The largest absolute Gasteiger partial charge is 0.356 e. The van der Waals surface area contributed by atoms with Gasteiger partial charge in [0.05, 0.1) is 0 Å². The van der Waals surface area contributed by atoms with E-state index >= 15 is 0 Å². The Kier molecular flexibility index (Phi) is 8.77. The van der Waals surface area contributed by atoms with Crippen molar-refractivity contribution in [3.8, 4) is 0 Å². The molecule has 1 unspecified atom stereocenters. The third-order valence-corrected chi connectivity index (χ3v) is 8.93. The fourth-order valence-electron chi connectivity index (χ4n) is 6.80. The second kappa shape index (κ2) is 12.4. The number of rotatable bonds is 7. The van der Waals surface area contributed by atoms with E-state index in [1.54, 1.807) is 0 Å². The second-order valence-electron chi connectivity index (χ2n) is 11.4. The fourth-order valence-corrected chi connectivity index (χ4v) is 6.80. The molecule has 3 saturated heterocycles. The van der Waals surface area contributed by atoms with Gasteiger partial charge in [-0.15, -0.1) is 0 Å². The number of likely N-dealkylation sites (tertiary alicyclic amines) is 2. The monoisotopic (exact) mass is 482 g/mol. The third-order valence-electron chi connectivity index (χ3n) is 8.93. The van der Waals surface area contributed by atoms with Gasteiger partial charge in [-0.25, -0.2) is 4.98 Å². The molecule has 1 atom stereocenters. The fraction of sp³-hybridized carbons (Fsp3) is 0.821. The first-order valence-electron chi connectivity index (χ1n) is 14.6. The van der Waals surface area contributed by atoms with Crippen molar-refractivity contribution in [1.82, 2.24) is 19.8 Å². The Bertz CT molecular complexity index is 796. The van der Waals surface area contributed by atoms with Gasteiger partial charge in [-0.3, -0.25) is 9.69 Å². The topological polar surface area (TPSA) is 64.6 Å². The minimum Gasteiger partial charge on any atom is -0.356 e. The molecule has 1 aromatic heterocycles. The summed E-state index contributed by atoms with van der Waals surface area (Å²) in [6, 6.07) is 3.06. The Balaban J connectivity index is 1.08. The van der Waals surface area contributed by atoms with Crippen molar-refractivity contribution >= 4 is 17.7 Å². The molecule has 0 aromatic carbocycles. The van der Waals surface area contributed by atoms with Crippen molar-refractivity contribution in [3.05, 3.63) is 12.3 Å². The summed E-state index contributed by atoms with van der Waals surface area (Å²) in [5.41, 5.74) is 0. The number of amides is 1. The highest BCUT2D eigenvalue weighted by Crippen LogP contribution is 2.29. The molecule has 7 nitrogen and oxygen atoms in total. The van der Waals surface area contributed by atoms with Gasteiger partial charge < -0.3 is 15.1 Å². The van der Waals surface area contributed by atoms with Crippen molar-refractivity contribution in [1.29, 1.82) is 0 Å². The van der Waals surface area contributed by atoms with Crippen LogP contribution in [0.1, 0.15) is 89.9 Å². The molecule has 4 heterocycles. The van der Waals surface area contributed by atoms with E-state index in [-0.39, 0.29) is 0 Å². The molecule has 0 bridgehead atoms. The van der Waals surface area contributed by atoms with Crippen molar-refractivity contribution < 1.29 is 4.79 Å². The van der Waals surface area contributed by atoms with Crippen LogP contribution < -0.4 is 10.2 Å². The summed E-state index contributed by atoms with van der Waals surface area (Å²) in [6.07, 6.45) is 19.0. The minimum absolute atomic E-state index is 0.397. The molecule has 1 N–H and O–H groups in total. The molecule has 35 heavy (non-hydrogen) atoms. The number of piperidine rings is 2. The lowest BCUT2D eigenvalue weighted by molar-refractivity contribution is -0.133. The van der Waals surface area contributed by atoms with Gasteiger partial charge in [-0.2, -0.15) is 4.98 Å². The molecule has 0 spiro atoms. The smallest absolute Gasteiger partial charge is 0.224 e. The number of carbonyl (C=O) groups is 1. The van der Waals surface area contributed by atoms with Crippen LogP contribution in [0.25, 0.3) is 0 Å². The van der Waals surface area contributed by atoms with Crippen molar-refractivity contribution in [2.24, 2.45) is 5.92 Å². The molecule has 5 rings (SSSR count). The Hall–Kier alpha value is -1.89. The van der Waals surface area contributed by atoms with E-state index in [0.717, 1.165) is 76.1 Å². The number of anilines is 2. The van der Waals surface area contributed by atoms with Crippen LogP contribution in [0.15, 0.2) is 12.3 Å². The summed E-state index contributed by atoms with van der Waals surface area (Å²) in [7, 11) is 0. The quantitative estimate of drug-likeness (QED) is 0.608. The first-order chi connectivity index (χ1) is 17.2. The van der Waals surface area contributed by atoms with Crippen LogP contribution in [0, 0.1) is 5.92 Å². The summed E-state index contributed by atoms with van der Waals surface area (Å²) in [6.45, 7) is 6.31. The Morgan fingerprint density at radius 3 is 2.43 bits per heavy atom. The first-order valence-corrected chi connectivity index (χ1v) is 14.6. The molecule has 1 amide bonds. The van der Waals surface area contributed by atoms with Gasteiger partial charge in [-0.1, -0.05) is 38.5 Å². The lowest BCUT2D eigenvalue weighted by Gasteiger charge is -2.42. The van der Waals surface area contributed by atoms with Crippen LogP contribution in [-0.2, 0) is 4.79 Å². The summed E-state index contributed by atoms with van der Waals surface area (Å²) >= 11 is 0. The van der Waals surface area contributed by atoms with E-state index in [9.17, 15) is 4.79 Å². The summed E-state index contributed by atoms with van der Waals surface area (Å²) in [5, 5.41) is 3.66. The first kappa shape index (κ1) is 24.8. The summed E-state index contributed by atoms with van der Waals surface area (Å²) < 4.78 is 0. The van der Waals surface area contributed by atoms with Crippen LogP contribution in [0.2, 0.25) is 0 Å². The van der Waals surface area contributed by atoms with Gasteiger partial charge in [0.1, 0.15) is 5.82 Å². The lowest BCUT2D eigenvalue weighted by atomic mass is 9.97. The van der Waals surface area contributed by atoms with Crippen LogP contribution >= 0.6 is 0 Å². The van der Waals surface area contributed by atoms with Crippen molar-refractivity contribution in [2.75, 3.05) is 49.5 Å². The molecule has 7 heteroatoms. The molecule has 194 valence electrons. The van der Waals surface area contributed by atoms with E-state index in [1.807, 2.05) is 6.20 Å². The maximum atomic E-state index is 12.7. The van der Waals surface area contributed by atoms with E-state index in [4.69, 9.17) is 4.98 Å². The lowest BCUT2D eigenvalue weighted by Crippen LogP contribution is -2.52. The Morgan fingerprint density at radius 1 is 0.886 bits per heavy atom. The zero-order valence-electron chi connectivity index (χ0n) is 21.7. The number of hydrogen-bond donors (Lipinski definition) is 1. The van der Waals surface area contributed by atoms with Gasteiger partial charge in [-0.05, 0) is 63.5 Å². The highest BCUT2D eigenvalue weighted by Gasteiger charge is 2.30. The molecule has 0 radical (unpaired) electrons. The highest BCUT2D eigenvalue weighted by atomic mass is 16.2. The minimum atomic E-state index is 0.397. The third kappa shape index (κ3) is 6.87. The van der Waals surface area contributed by atoms with E-state index < -0.39 is 0 Å². The van der Waals surface area contributed by atoms with Crippen LogP contribution in [0.3, 0.4) is 0 Å². The zero-order valence-corrected chi connectivity index (χ0v) is 21.7. The average molecular weight is 483 g/mol. The zero-order chi connectivity index (χ0) is 23.9. The number of carbonyl (C=O) groups excluding carboxylic acids is 1. The Labute approximate surface area is 212 Å². The molecule has 3 aliphatic heterocycles. The SMILES string of the molecule is O=C(CCC1CCCC1)N1CCC(N2CCCC(Nc3nccc(N4CCCCCC4)n3)C2)CC1. The van der Waals surface area contributed by atoms with Crippen molar-refractivity contribution in [2.45, 2.75) is 102 Å². The number of nitrogens with one attached hydrogen (secondary N) is 1. The molecule has 1 aliphatic carbocycles. The van der Waals surface area contributed by atoms with Gasteiger partial charge in [0.25, 0.3) is 0 Å².